The largest absolute Gasteiger partial charge is 0.497 e. The lowest BCUT2D eigenvalue weighted by atomic mass is 10.1. The summed E-state index contributed by atoms with van der Waals surface area (Å²) in [6, 6.07) is 9.71. The monoisotopic (exact) mass is 387 g/mol. The fraction of sp³-hybridized carbons (Fsp3) is 0.400. The summed E-state index contributed by atoms with van der Waals surface area (Å²) in [4.78, 5) is 14.1. The molecule has 6 nitrogen and oxygen atoms in total. The molecule has 0 saturated heterocycles. The molecule has 2 aromatic heterocycles. The summed E-state index contributed by atoms with van der Waals surface area (Å²) in [6.07, 6.45) is 1.01. The average Bonchev–Trinajstić information content (AvgIpc) is 3.22. The highest BCUT2D eigenvalue weighted by Crippen LogP contribution is 2.34. The number of fused-ring (bicyclic) bond motifs is 1. The van der Waals surface area contributed by atoms with Crippen LogP contribution in [0.4, 0.5) is 0 Å². The van der Waals surface area contributed by atoms with Crippen LogP contribution in [0.25, 0.3) is 21.5 Å². The van der Waals surface area contributed by atoms with Gasteiger partial charge in [-0.25, -0.2) is 0 Å². The number of thiophene rings is 1. The van der Waals surface area contributed by atoms with E-state index in [1.807, 2.05) is 55.9 Å². The van der Waals surface area contributed by atoms with Crippen LogP contribution in [-0.2, 0) is 11.8 Å². The first kappa shape index (κ1) is 19.4. The number of rotatable bonds is 8. The molecule has 0 fully saturated rings. The van der Waals surface area contributed by atoms with Gasteiger partial charge in [0.2, 0.25) is 0 Å². The lowest BCUT2D eigenvalue weighted by Crippen LogP contribution is -2.24. The first-order chi connectivity index (χ1) is 13.0. The van der Waals surface area contributed by atoms with E-state index in [9.17, 15) is 4.79 Å². The molecule has 144 valence electrons. The van der Waals surface area contributed by atoms with Crippen LogP contribution in [0.5, 0.6) is 5.75 Å². The molecule has 1 aromatic carbocycles. The van der Waals surface area contributed by atoms with Crippen molar-refractivity contribution in [1.29, 1.82) is 0 Å². The highest BCUT2D eigenvalue weighted by atomic mass is 32.1. The fourth-order valence-electron chi connectivity index (χ4n) is 2.82. The number of benzene rings is 1. The van der Waals surface area contributed by atoms with Crippen molar-refractivity contribution < 1.29 is 14.3 Å². The number of aryl methyl sites for hydroxylation is 1. The lowest BCUT2D eigenvalue weighted by molar-refractivity contribution is 0.0757. The summed E-state index contributed by atoms with van der Waals surface area (Å²) in [7, 11) is 3.54. The number of hydrogen-bond donors (Lipinski definition) is 1. The molecular formula is C20H25N3O3S. The van der Waals surface area contributed by atoms with E-state index in [2.05, 4.69) is 10.4 Å². The maximum absolute atomic E-state index is 12.5. The number of ether oxygens (including phenoxy) is 2. The Bertz CT molecular complexity index is 930. The predicted molar refractivity (Wildman–Crippen MR) is 109 cm³/mol. The topological polar surface area (TPSA) is 65.4 Å². The Morgan fingerprint density at radius 1 is 1.33 bits per heavy atom. The van der Waals surface area contributed by atoms with Gasteiger partial charge >= 0.3 is 0 Å². The standard InChI is InChI=1S/C20H25N3O3S/c1-13(2)26-10-6-9-21-19(24)17-12-16-18(22-23(3)20(16)27-17)14-7-5-8-15(11-14)25-4/h5,7-8,11-13H,6,9-10H2,1-4H3,(H,21,24). The summed E-state index contributed by atoms with van der Waals surface area (Å²) in [5.74, 6) is 0.723. The molecule has 0 spiro atoms. The Balaban J connectivity index is 1.76. The number of nitrogens with one attached hydrogen (secondary N) is 1. The van der Waals surface area contributed by atoms with E-state index in [1.54, 1.807) is 7.11 Å². The highest BCUT2D eigenvalue weighted by molar-refractivity contribution is 7.20. The van der Waals surface area contributed by atoms with Crippen LogP contribution < -0.4 is 10.1 Å². The van der Waals surface area contributed by atoms with Crippen molar-refractivity contribution in [3.63, 3.8) is 0 Å². The third-order valence-electron chi connectivity index (χ3n) is 4.14. The Hall–Kier alpha value is -2.38. The Labute approximate surface area is 163 Å². The fourth-order valence-corrected chi connectivity index (χ4v) is 3.80. The van der Waals surface area contributed by atoms with E-state index in [4.69, 9.17) is 9.47 Å². The molecule has 0 unspecified atom stereocenters. The summed E-state index contributed by atoms with van der Waals surface area (Å²) in [5.41, 5.74) is 1.82. The number of carbonyl (C=O) groups is 1. The molecule has 3 rings (SSSR count). The molecule has 27 heavy (non-hydrogen) atoms. The minimum Gasteiger partial charge on any atom is -0.497 e. The van der Waals surface area contributed by atoms with Crippen LogP contribution >= 0.6 is 11.3 Å². The Kier molecular flexibility index (Phi) is 6.13. The van der Waals surface area contributed by atoms with Crippen LogP contribution in [0.15, 0.2) is 30.3 Å². The quantitative estimate of drug-likeness (QED) is 0.596. The molecule has 1 amide bonds. The number of amides is 1. The smallest absolute Gasteiger partial charge is 0.261 e. The molecule has 0 bridgehead atoms. The first-order valence-electron chi connectivity index (χ1n) is 9.00. The number of carbonyl (C=O) groups excluding carboxylic acids is 1. The van der Waals surface area contributed by atoms with Crippen molar-refractivity contribution in [3.05, 3.63) is 35.2 Å². The average molecular weight is 388 g/mol. The second-order valence-electron chi connectivity index (χ2n) is 6.56. The van der Waals surface area contributed by atoms with E-state index in [1.165, 1.54) is 11.3 Å². The number of hydrogen-bond acceptors (Lipinski definition) is 5. The van der Waals surface area contributed by atoms with Gasteiger partial charge < -0.3 is 14.8 Å². The van der Waals surface area contributed by atoms with Crippen LogP contribution in [-0.4, -0.2) is 42.1 Å². The van der Waals surface area contributed by atoms with Crippen molar-refractivity contribution >= 4 is 27.5 Å². The van der Waals surface area contributed by atoms with E-state index in [0.717, 1.165) is 33.6 Å². The molecule has 0 aliphatic rings. The third kappa shape index (κ3) is 4.48. The second-order valence-corrected chi connectivity index (χ2v) is 7.59. The molecule has 0 atom stereocenters. The molecular weight excluding hydrogens is 362 g/mol. The minimum absolute atomic E-state index is 0.0580. The molecule has 2 heterocycles. The Morgan fingerprint density at radius 2 is 2.15 bits per heavy atom. The van der Waals surface area contributed by atoms with Crippen molar-refractivity contribution in [2.24, 2.45) is 7.05 Å². The van der Waals surface area contributed by atoms with E-state index in [-0.39, 0.29) is 12.0 Å². The zero-order valence-electron chi connectivity index (χ0n) is 16.1. The molecule has 0 radical (unpaired) electrons. The lowest BCUT2D eigenvalue weighted by Gasteiger charge is -2.07. The van der Waals surface area contributed by atoms with Gasteiger partial charge in [0.05, 0.1) is 18.1 Å². The van der Waals surface area contributed by atoms with Gasteiger partial charge in [-0.2, -0.15) is 5.10 Å². The van der Waals surface area contributed by atoms with E-state index in [0.29, 0.717) is 18.0 Å². The van der Waals surface area contributed by atoms with Gasteiger partial charge in [0.25, 0.3) is 5.91 Å². The zero-order chi connectivity index (χ0) is 19.4. The Morgan fingerprint density at radius 3 is 2.89 bits per heavy atom. The van der Waals surface area contributed by atoms with Crippen molar-refractivity contribution in [3.8, 4) is 17.0 Å². The summed E-state index contributed by atoms with van der Waals surface area (Å²) in [6.45, 7) is 5.25. The summed E-state index contributed by atoms with van der Waals surface area (Å²) in [5, 5.41) is 8.56. The van der Waals surface area contributed by atoms with Crippen molar-refractivity contribution in [1.82, 2.24) is 15.1 Å². The maximum atomic E-state index is 12.5. The predicted octanol–water partition coefficient (Wildman–Crippen LogP) is 3.86. The molecule has 3 aromatic rings. The van der Waals surface area contributed by atoms with Crippen LogP contribution in [0.3, 0.4) is 0 Å². The summed E-state index contributed by atoms with van der Waals surface area (Å²) >= 11 is 1.45. The van der Waals surface area contributed by atoms with E-state index >= 15 is 0 Å². The van der Waals surface area contributed by atoms with Gasteiger partial charge in [0, 0.05) is 31.1 Å². The van der Waals surface area contributed by atoms with Crippen molar-refractivity contribution in [2.45, 2.75) is 26.4 Å². The van der Waals surface area contributed by atoms with E-state index < -0.39 is 0 Å². The molecule has 1 N–H and O–H groups in total. The van der Waals surface area contributed by atoms with Crippen LogP contribution in [0.1, 0.15) is 29.9 Å². The van der Waals surface area contributed by atoms with Gasteiger partial charge in [0.1, 0.15) is 16.3 Å². The maximum Gasteiger partial charge on any atom is 0.261 e. The van der Waals surface area contributed by atoms with Gasteiger partial charge in [-0.05, 0) is 38.5 Å². The molecule has 0 aliphatic carbocycles. The number of aromatic nitrogens is 2. The van der Waals surface area contributed by atoms with Crippen LogP contribution in [0, 0.1) is 0 Å². The van der Waals surface area contributed by atoms with Gasteiger partial charge in [-0.1, -0.05) is 12.1 Å². The van der Waals surface area contributed by atoms with Gasteiger partial charge in [0.15, 0.2) is 0 Å². The normalized spacial score (nSPS) is 11.3. The zero-order valence-corrected chi connectivity index (χ0v) is 16.9. The second kappa shape index (κ2) is 8.54. The summed E-state index contributed by atoms with van der Waals surface area (Å²) < 4.78 is 12.6. The number of methoxy groups -OCH3 is 1. The molecule has 0 aliphatic heterocycles. The van der Waals surface area contributed by atoms with Gasteiger partial charge in [-0.3, -0.25) is 9.48 Å². The number of nitrogens with zero attached hydrogens (tertiary/aromatic N) is 2. The molecule has 0 saturated carbocycles. The van der Waals surface area contributed by atoms with Crippen LogP contribution in [0.2, 0.25) is 0 Å². The third-order valence-corrected chi connectivity index (χ3v) is 5.34. The van der Waals surface area contributed by atoms with Gasteiger partial charge in [-0.15, -0.1) is 11.3 Å². The minimum atomic E-state index is -0.0580. The molecule has 7 heteroatoms. The highest BCUT2D eigenvalue weighted by Gasteiger charge is 2.18. The first-order valence-corrected chi connectivity index (χ1v) is 9.82. The van der Waals surface area contributed by atoms with Crippen molar-refractivity contribution in [2.75, 3.05) is 20.3 Å². The SMILES string of the molecule is COc1cccc(-c2nn(C)c3sc(C(=O)NCCCOC(C)C)cc23)c1.